The van der Waals surface area contributed by atoms with E-state index < -0.39 is 0 Å². The summed E-state index contributed by atoms with van der Waals surface area (Å²) in [6.45, 7) is 6.17. The molecule has 0 saturated carbocycles. The molecule has 1 heterocycles. The zero-order valence-corrected chi connectivity index (χ0v) is 12.6. The molecule has 1 aromatic heterocycles. The van der Waals surface area contributed by atoms with Crippen LogP contribution in [0.2, 0.25) is 0 Å². The highest BCUT2D eigenvalue weighted by molar-refractivity contribution is 7.99. The minimum Gasteiger partial charge on any atom is -0.368 e. The molecule has 0 unspecified atom stereocenters. The van der Waals surface area contributed by atoms with Crippen molar-refractivity contribution in [3.8, 4) is 0 Å². The molecule has 110 valence electrons. The summed E-state index contributed by atoms with van der Waals surface area (Å²) in [6, 6.07) is 7.64. The summed E-state index contributed by atoms with van der Waals surface area (Å²) in [6.07, 6.45) is 1.70. The van der Waals surface area contributed by atoms with Crippen molar-refractivity contribution in [3.05, 3.63) is 42.5 Å². The van der Waals surface area contributed by atoms with Crippen LogP contribution in [0.15, 0.2) is 42.1 Å². The molecular weight excluding hydrogens is 286 g/mol. The van der Waals surface area contributed by atoms with Crippen LogP contribution in [0.3, 0.4) is 0 Å². The Bertz CT molecular complexity index is 635. The first-order valence-corrected chi connectivity index (χ1v) is 7.37. The zero-order valence-electron chi connectivity index (χ0n) is 11.7. The monoisotopic (exact) mass is 303 g/mol. The van der Waals surface area contributed by atoms with Crippen LogP contribution in [0.4, 0.5) is 11.6 Å². The summed E-state index contributed by atoms with van der Waals surface area (Å²) in [5.74, 6) is 0.454. The van der Waals surface area contributed by atoms with Crippen molar-refractivity contribution >= 4 is 29.3 Å². The SMILES string of the molecule is C=CCn1c(N)nnc1SCC(=O)Nc1ccc(C)cc1. The second-order valence-electron chi connectivity index (χ2n) is 4.44. The van der Waals surface area contributed by atoms with Gasteiger partial charge in [0.25, 0.3) is 0 Å². The third kappa shape index (κ3) is 4.09. The molecule has 0 saturated heterocycles. The van der Waals surface area contributed by atoms with E-state index >= 15 is 0 Å². The fourth-order valence-corrected chi connectivity index (χ4v) is 2.43. The highest BCUT2D eigenvalue weighted by atomic mass is 32.2. The van der Waals surface area contributed by atoms with Gasteiger partial charge in [-0.15, -0.1) is 16.8 Å². The lowest BCUT2D eigenvalue weighted by molar-refractivity contribution is -0.113. The van der Waals surface area contributed by atoms with E-state index in [1.165, 1.54) is 11.8 Å². The van der Waals surface area contributed by atoms with Gasteiger partial charge >= 0.3 is 0 Å². The van der Waals surface area contributed by atoms with Crippen LogP contribution in [0.25, 0.3) is 0 Å². The number of thioether (sulfide) groups is 1. The summed E-state index contributed by atoms with van der Waals surface area (Å²) in [7, 11) is 0. The molecule has 0 atom stereocenters. The Morgan fingerprint density at radius 3 is 2.81 bits per heavy atom. The second kappa shape index (κ2) is 6.94. The molecule has 6 nitrogen and oxygen atoms in total. The molecule has 1 aromatic carbocycles. The molecule has 2 rings (SSSR count). The fraction of sp³-hybridized carbons (Fsp3) is 0.214. The largest absolute Gasteiger partial charge is 0.368 e. The second-order valence-corrected chi connectivity index (χ2v) is 5.39. The van der Waals surface area contributed by atoms with Gasteiger partial charge in [0, 0.05) is 12.2 Å². The zero-order chi connectivity index (χ0) is 15.2. The number of carbonyl (C=O) groups excluding carboxylic acids is 1. The Kier molecular flexibility index (Phi) is 4.99. The van der Waals surface area contributed by atoms with Gasteiger partial charge in [0.15, 0.2) is 5.16 Å². The normalized spacial score (nSPS) is 10.3. The molecule has 21 heavy (non-hydrogen) atoms. The fourth-order valence-electron chi connectivity index (χ4n) is 1.67. The molecule has 3 N–H and O–H groups in total. The highest BCUT2D eigenvalue weighted by Gasteiger charge is 2.11. The molecule has 0 aliphatic heterocycles. The van der Waals surface area contributed by atoms with Crippen LogP contribution in [-0.2, 0) is 11.3 Å². The van der Waals surface area contributed by atoms with Crippen LogP contribution in [0.1, 0.15) is 5.56 Å². The standard InChI is InChI=1S/C14H17N5OS/c1-3-8-19-13(15)17-18-14(19)21-9-12(20)16-11-6-4-10(2)5-7-11/h3-7H,1,8-9H2,2H3,(H2,15,17)(H,16,20). The number of benzene rings is 1. The highest BCUT2D eigenvalue weighted by Crippen LogP contribution is 2.18. The van der Waals surface area contributed by atoms with E-state index in [2.05, 4.69) is 22.1 Å². The first-order chi connectivity index (χ1) is 10.1. The van der Waals surface area contributed by atoms with Crippen LogP contribution in [0.5, 0.6) is 0 Å². The minimum absolute atomic E-state index is 0.101. The van der Waals surface area contributed by atoms with E-state index in [1.54, 1.807) is 10.6 Å². The smallest absolute Gasteiger partial charge is 0.234 e. The van der Waals surface area contributed by atoms with Crippen molar-refractivity contribution in [1.29, 1.82) is 0 Å². The lowest BCUT2D eigenvalue weighted by Gasteiger charge is -2.06. The number of aromatic nitrogens is 3. The number of nitrogens with one attached hydrogen (secondary N) is 1. The molecule has 0 aliphatic rings. The lowest BCUT2D eigenvalue weighted by Crippen LogP contribution is -2.14. The number of nitrogens with zero attached hydrogens (tertiary/aromatic N) is 3. The average Bonchev–Trinajstić information content (AvgIpc) is 2.81. The number of nitrogen functional groups attached to an aromatic ring is 1. The van der Waals surface area contributed by atoms with Gasteiger partial charge in [-0.1, -0.05) is 35.5 Å². The van der Waals surface area contributed by atoms with Gasteiger partial charge in [0.2, 0.25) is 11.9 Å². The number of aryl methyl sites for hydroxylation is 1. The summed E-state index contributed by atoms with van der Waals surface area (Å²) < 4.78 is 1.71. The number of hydrogen-bond acceptors (Lipinski definition) is 5. The van der Waals surface area contributed by atoms with Gasteiger partial charge in [-0.3, -0.25) is 9.36 Å². The first kappa shape index (κ1) is 15.1. The van der Waals surface area contributed by atoms with Crippen molar-refractivity contribution < 1.29 is 4.79 Å². The lowest BCUT2D eigenvalue weighted by atomic mass is 10.2. The number of rotatable bonds is 6. The number of hydrogen-bond donors (Lipinski definition) is 2. The maximum atomic E-state index is 11.9. The number of carbonyl (C=O) groups is 1. The van der Waals surface area contributed by atoms with Crippen LogP contribution in [-0.4, -0.2) is 26.4 Å². The molecule has 0 bridgehead atoms. The molecule has 1 amide bonds. The number of nitrogens with two attached hydrogens (primary N) is 1. The summed E-state index contributed by atoms with van der Waals surface area (Å²) >= 11 is 1.29. The van der Waals surface area contributed by atoms with Gasteiger partial charge in [-0.25, -0.2) is 0 Å². The van der Waals surface area contributed by atoms with Crippen molar-refractivity contribution in [1.82, 2.24) is 14.8 Å². The van der Waals surface area contributed by atoms with Crippen molar-refractivity contribution in [2.75, 3.05) is 16.8 Å². The van der Waals surface area contributed by atoms with E-state index in [9.17, 15) is 4.79 Å². The summed E-state index contributed by atoms with van der Waals surface area (Å²) in [4.78, 5) is 11.9. The van der Waals surface area contributed by atoms with Gasteiger partial charge in [0.1, 0.15) is 0 Å². The predicted molar refractivity (Wildman–Crippen MR) is 85.2 cm³/mol. The van der Waals surface area contributed by atoms with Gasteiger partial charge in [-0.2, -0.15) is 0 Å². The van der Waals surface area contributed by atoms with Crippen molar-refractivity contribution in [2.45, 2.75) is 18.6 Å². The topological polar surface area (TPSA) is 85.8 Å². The third-order valence-electron chi connectivity index (χ3n) is 2.72. The van der Waals surface area contributed by atoms with E-state index in [1.807, 2.05) is 31.2 Å². The van der Waals surface area contributed by atoms with Crippen molar-refractivity contribution in [2.24, 2.45) is 0 Å². The first-order valence-electron chi connectivity index (χ1n) is 6.39. The average molecular weight is 303 g/mol. The Balaban J connectivity index is 1.92. The van der Waals surface area contributed by atoms with E-state index in [-0.39, 0.29) is 11.7 Å². The van der Waals surface area contributed by atoms with Gasteiger partial charge < -0.3 is 11.1 Å². The summed E-state index contributed by atoms with van der Waals surface area (Å²) in [5, 5.41) is 11.2. The van der Waals surface area contributed by atoms with Gasteiger partial charge in [-0.05, 0) is 19.1 Å². The number of anilines is 2. The molecule has 0 fully saturated rings. The van der Waals surface area contributed by atoms with Crippen LogP contribution < -0.4 is 11.1 Å². The maximum absolute atomic E-state index is 11.9. The predicted octanol–water partition coefficient (Wildman–Crippen LogP) is 2.09. The quantitative estimate of drug-likeness (QED) is 0.630. The van der Waals surface area contributed by atoms with Gasteiger partial charge in [0.05, 0.1) is 5.75 Å². The van der Waals surface area contributed by atoms with Crippen LogP contribution >= 0.6 is 11.8 Å². The Morgan fingerprint density at radius 2 is 2.14 bits per heavy atom. The molecule has 0 aliphatic carbocycles. The number of allylic oxidation sites excluding steroid dienone is 1. The summed E-state index contributed by atoms with van der Waals surface area (Å²) in [5.41, 5.74) is 7.62. The third-order valence-corrected chi connectivity index (χ3v) is 3.69. The molecule has 2 aromatic rings. The maximum Gasteiger partial charge on any atom is 0.234 e. The number of amides is 1. The van der Waals surface area contributed by atoms with E-state index in [0.717, 1.165) is 11.3 Å². The Labute approximate surface area is 127 Å². The van der Waals surface area contributed by atoms with Crippen LogP contribution in [0, 0.1) is 6.92 Å². The molecule has 0 spiro atoms. The Hall–Kier alpha value is -2.28. The molecule has 7 heteroatoms. The minimum atomic E-state index is -0.101. The van der Waals surface area contributed by atoms with E-state index in [4.69, 9.17) is 5.73 Å². The van der Waals surface area contributed by atoms with Crippen molar-refractivity contribution in [3.63, 3.8) is 0 Å². The molecular formula is C14H17N5OS. The Morgan fingerprint density at radius 1 is 1.43 bits per heavy atom. The molecule has 0 radical (unpaired) electrons. The van der Waals surface area contributed by atoms with E-state index in [0.29, 0.717) is 17.6 Å².